The molecule has 0 spiro atoms. The van der Waals surface area contributed by atoms with Gasteiger partial charge in [0.1, 0.15) is 6.04 Å². The van der Waals surface area contributed by atoms with E-state index in [1.807, 2.05) is 18.7 Å². The van der Waals surface area contributed by atoms with Gasteiger partial charge >= 0.3 is 5.97 Å². The Morgan fingerprint density at radius 3 is 2.81 bits per heavy atom. The summed E-state index contributed by atoms with van der Waals surface area (Å²) < 4.78 is 1.66. The molecule has 21 heavy (non-hydrogen) atoms. The molecule has 1 amide bonds. The van der Waals surface area contributed by atoms with Crippen LogP contribution in [0.15, 0.2) is 18.5 Å². The molecular formula is C15H23N3O3. The van der Waals surface area contributed by atoms with Crippen LogP contribution in [0.1, 0.15) is 39.2 Å². The van der Waals surface area contributed by atoms with Crippen LogP contribution in [0.3, 0.4) is 0 Å². The van der Waals surface area contributed by atoms with Crippen molar-refractivity contribution in [1.82, 2.24) is 14.7 Å². The van der Waals surface area contributed by atoms with E-state index < -0.39 is 5.97 Å². The van der Waals surface area contributed by atoms with Crippen LogP contribution in [0.5, 0.6) is 0 Å². The molecule has 1 aliphatic heterocycles. The lowest BCUT2D eigenvalue weighted by Crippen LogP contribution is -2.44. The average molecular weight is 293 g/mol. The van der Waals surface area contributed by atoms with Crippen molar-refractivity contribution in [1.29, 1.82) is 0 Å². The molecular weight excluding hydrogens is 270 g/mol. The molecule has 1 N–H and O–H groups in total. The van der Waals surface area contributed by atoms with Gasteiger partial charge < -0.3 is 10.0 Å². The van der Waals surface area contributed by atoms with E-state index in [0.29, 0.717) is 6.54 Å². The molecule has 1 saturated heterocycles. The van der Waals surface area contributed by atoms with Crippen LogP contribution in [0.2, 0.25) is 0 Å². The molecule has 2 heterocycles. The van der Waals surface area contributed by atoms with E-state index in [9.17, 15) is 9.59 Å². The Hall–Kier alpha value is -1.85. The highest BCUT2D eigenvalue weighted by atomic mass is 16.4. The molecule has 116 valence electrons. The van der Waals surface area contributed by atoms with Gasteiger partial charge in [0.05, 0.1) is 0 Å². The maximum atomic E-state index is 12.5. The quantitative estimate of drug-likeness (QED) is 0.898. The normalized spacial score (nSPS) is 21.8. The van der Waals surface area contributed by atoms with Crippen LogP contribution >= 0.6 is 0 Å². The first-order chi connectivity index (χ1) is 9.99. The van der Waals surface area contributed by atoms with Crippen LogP contribution < -0.4 is 0 Å². The molecule has 0 aliphatic carbocycles. The molecule has 0 aromatic carbocycles. The monoisotopic (exact) mass is 293 g/mol. The topological polar surface area (TPSA) is 75.4 Å². The van der Waals surface area contributed by atoms with Gasteiger partial charge in [0, 0.05) is 31.9 Å². The fourth-order valence-corrected chi connectivity index (χ4v) is 3.00. The molecule has 0 bridgehead atoms. The summed E-state index contributed by atoms with van der Waals surface area (Å²) in [5.74, 6) is -0.344. The van der Waals surface area contributed by atoms with Crippen molar-refractivity contribution in [3.05, 3.63) is 18.5 Å². The average Bonchev–Trinajstić information content (AvgIpc) is 2.99. The Balaban J connectivity index is 1.97. The number of amides is 1. The fourth-order valence-electron chi connectivity index (χ4n) is 3.00. The van der Waals surface area contributed by atoms with Gasteiger partial charge in [-0.2, -0.15) is 5.10 Å². The minimum absolute atomic E-state index is 0.0610. The van der Waals surface area contributed by atoms with Crippen molar-refractivity contribution in [2.75, 3.05) is 13.1 Å². The lowest BCUT2D eigenvalue weighted by atomic mass is 9.84. The van der Waals surface area contributed by atoms with Gasteiger partial charge in [0.2, 0.25) is 5.91 Å². The number of piperidine rings is 1. The number of likely N-dealkylation sites (tertiary alicyclic amines) is 1. The van der Waals surface area contributed by atoms with E-state index in [4.69, 9.17) is 5.11 Å². The molecule has 2 rings (SSSR count). The third kappa shape index (κ3) is 3.83. The molecule has 6 heteroatoms. The highest BCUT2D eigenvalue weighted by Gasteiger charge is 2.30. The number of carbonyl (C=O) groups excluding carboxylic acids is 1. The van der Waals surface area contributed by atoms with Crippen LogP contribution in [-0.2, 0) is 9.59 Å². The van der Waals surface area contributed by atoms with Crippen molar-refractivity contribution in [2.45, 2.75) is 39.2 Å². The molecule has 3 unspecified atom stereocenters. The summed E-state index contributed by atoms with van der Waals surface area (Å²) in [5.41, 5.74) is 0. The number of carboxylic acid groups (broad SMARTS) is 1. The van der Waals surface area contributed by atoms with Gasteiger partial charge in [-0.3, -0.25) is 14.3 Å². The Morgan fingerprint density at radius 2 is 2.19 bits per heavy atom. The second kappa shape index (κ2) is 6.74. The summed E-state index contributed by atoms with van der Waals surface area (Å²) in [6, 6.07) is 1.49. The molecule has 3 atom stereocenters. The van der Waals surface area contributed by atoms with Gasteiger partial charge in [-0.25, -0.2) is 0 Å². The molecule has 1 aromatic rings. The fraction of sp³-hybridized carbons (Fsp3) is 0.667. The first-order valence-electron chi connectivity index (χ1n) is 7.48. The Morgan fingerprint density at radius 1 is 1.43 bits per heavy atom. The maximum absolute atomic E-state index is 12.5. The SMILES string of the molecule is CC(CC(=O)O)C1CCCN(C(=O)C(C)n2cccn2)C1. The van der Waals surface area contributed by atoms with E-state index in [-0.39, 0.29) is 30.2 Å². The molecule has 1 fully saturated rings. The second-order valence-electron chi connectivity index (χ2n) is 5.92. The minimum atomic E-state index is -0.768. The predicted octanol–water partition coefficient (Wildman–Crippen LogP) is 1.79. The van der Waals surface area contributed by atoms with Crippen molar-refractivity contribution >= 4 is 11.9 Å². The summed E-state index contributed by atoms with van der Waals surface area (Å²) in [7, 11) is 0. The second-order valence-corrected chi connectivity index (χ2v) is 5.92. The first kappa shape index (κ1) is 15.5. The van der Waals surface area contributed by atoms with E-state index in [1.165, 1.54) is 0 Å². The minimum Gasteiger partial charge on any atom is -0.481 e. The first-order valence-corrected chi connectivity index (χ1v) is 7.48. The summed E-state index contributed by atoms with van der Waals surface area (Å²) in [4.78, 5) is 25.2. The number of aromatic nitrogens is 2. The predicted molar refractivity (Wildman–Crippen MR) is 77.7 cm³/mol. The third-order valence-electron chi connectivity index (χ3n) is 4.35. The Kier molecular flexibility index (Phi) is 4.98. The Labute approximate surface area is 124 Å². The van der Waals surface area contributed by atoms with Crippen LogP contribution in [0.4, 0.5) is 0 Å². The molecule has 6 nitrogen and oxygen atoms in total. The lowest BCUT2D eigenvalue weighted by Gasteiger charge is -2.36. The van der Waals surface area contributed by atoms with Gasteiger partial charge in [-0.15, -0.1) is 0 Å². The smallest absolute Gasteiger partial charge is 0.303 e. The third-order valence-corrected chi connectivity index (χ3v) is 4.35. The van der Waals surface area contributed by atoms with Crippen LogP contribution in [0.25, 0.3) is 0 Å². The number of aliphatic carboxylic acids is 1. The highest BCUT2D eigenvalue weighted by molar-refractivity contribution is 5.80. The van der Waals surface area contributed by atoms with Crippen molar-refractivity contribution in [2.24, 2.45) is 11.8 Å². The van der Waals surface area contributed by atoms with Gasteiger partial charge in [0.15, 0.2) is 0 Å². The number of hydrogen-bond donors (Lipinski definition) is 1. The number of carbonyl (C=O) groups is 2. The van der Waals surface area contributed by atoms with Crippen molar-refractivity contribution in [3.8, 4) is 0 Å². The highest BCUT2D eigenvalue weighted by Crippen LogP contribution is 2.27. The summed E-state index contributed by atoms with van der Waals surface area (Å²) in [6.45, 7) is 5.21. The summed E-state index contributed by atoms with van der Waals surface area (Å²) in [6.07, 6.45) is 5.55. The van der Waals surface area contributed by atoms with Crippen molar-refractivity contribution < 1.29 is 14.7 Å². The van der Waals surface area contributed by atoms with Crippen LogP contribution in [0, 0.1) is 11.8 Å². The standard InChI is InChI=1S/C15H23N3O3/c1-11(9-14(19)20)13-5-3-7-17(10-13)15(21)12(2)18-8-4-6-16-18/h4,6,8,11-13H,3,5,7,9-10H2,1-2H3,(H,19,20). The Bertz CT molecular complexity index is 486. The van der Waals surface area contributed by atoms with Gasteiger partial charge in [0.25, 0.3) is 0 Å². The van der Waals surface area contributed by atoms with E-state index in [1.54, 1.807) is 23.1 Å². The molecule has 0 radical (unpaired) electrons. The van der Waals surface area contributed by atoms with Gasteiger partial charge in [-0.1, -0.05) is 6.92 Å². The number of hydrogen-bond acceptors (Lipinski definition) is 3. The number of nitrogens with zero attached hydrogens (tertiary/aromatic N) is 3. The number of rotatable bonds is 5. The van der Waals surface area contributed by atoms with Gasteiger partial charge in [-0.05, 0) is 37.7 Å². The zero-order valence-corrected chi connectivity index (χ0v) is 12.6. The lowest BCUT2D eigenvalue weighted by molar-refractivity contribution is -0.139. The largest absolute Gasteiger partial charge is 0.481 e. The van der Waals surface area contributed by atoms with E-state index >= 15 is 0 Å². The zero-order chi connectivity index (χ0) is 15.4. The molecule has 1 aromatic heterocycles. The summed E-state index contributed by atoms with van der Waals surface area (Å²) in [5, 5.41) is 13.0. The maximum Gasteiger partial charge on any atom is 0.303 e. The molecule has 1 aliphatic rings. The van der Waals surface area contributed by atoms with Crippen molar-refractivity contribution in [3.63, 3.8) is 0 Å². The molecule has 0 saturated carbocycles. The zero-order valence-electron chi connectivity index (χ0n) is 12.6. The summed E-state index contributed by atoms with van der Waals surface area (Å²) >= 11 is 0. The number of carboxylic acids is 1. The van der Waals surface area contributed by atoms with E-state index in [0.717, 1.165) is 19.4 Å². The van der Waals surface area contributed by atoms with Crippen LogP contribution in [-0.4, -0.2) is 44.8 Å². The van der Waals surface area contributed by atoms with E-state index in [2.05, 4.69) is 5.10 Å².